The lowest BCUT2D eigenvalue weighted by molar-refractivity contribution is -0.0849. The lowest BCUT2D eigenvalue weighted by Crippen LogP contribution is -2.40. The predicted molar refractivity (Wildman–Crippen MR) is 80.5 cm³/mol. The summed E-state index contributed by atoms with van der Waals surface area (Å²) < 4.78 is 0. The van der Waals surface area contributed by atoms with Crippen LogP contribution in [0, 0.1) is 5.41 Å². The predicted octanol–water partition coefficient (Wildman–Crippen LogP) is 1.35. The Bertz CT molecular complexity index is 556. The summed E-state index contributed by atoms with van der Waals surface area (Å²) in [5, 5.41) is 39.1. The highest BCUT2D eigenvalue weighted by molar-refractivity contribution is 5.67. The van der Waals surface area contributed by atoms with E-state index in [0.29, 0.717) is 5.56 Å². The smallest absolute Gasteiger partial charge is 0.0918 e. The van der Waals surface area contributed by atoms with Gasteiger partial charge in [-0.25, -0.2) is 0 Å². The van der Waals surface area contributed by atoms with Crippen LogP contribution in [0.2, 0.25) is 0 Å². The third-order valence-corrected chi connectivity index (χ3v) is 3.86. The van der Waals surface area contributed by atoms with Gasteiger partial charge in [0.05, 0.1) is 31.3 Å². The Labute approximate surface area is 123 Å². The van der Waals surface area contributed by atoms with Crippen molar-refractivity contribution in [1.29, 1.82) is 0 Å². The lowest BCUT2D eigenvalue weighted by Gasteiger charge is -2.34. The third kappa shape index (κ3) is 2.99. The molecule has 112 valence electrons. The number of aliphatic hydroxyl groups is 4. The Balaban J connectivity index is 2.50. The molecule has 4 N–H and O–H groups in total. The van der Waals surface area contributed by atoms with Crippen LogP contribution in [0.5, 0.6) is 0 Å². The monoisotopic (exact) mass is 288 g/mol. The van der Waals surface area contributed by atoms with Crippen LogP contribution in [0.1, 0.15) is 11.7 Å². The van der Waals surface area contributed by atoms with Crippen molar-refractivity contribution in [3.63, 3.8) is 0 Å². The molecule has 2 aromatic rings. The second-order valence-electron chi connectivity index (χ2n) is 5.19. The molecule has 0 amide bonds. The first kappa shape index (κ1) is 15.7. The van der Waals surface area contributed by atoms with Gasteiger partial charge in [-0.05, 0) is 16.7 Å². The van der Waals surface area contributed by atoms with E-state index in [1.807, 2.05) is 42.5 Å². The van der Waals surface area contributed by atoms with Gasteiger partial charge in [0.15, 0.2) is 0 Å². The largest absolute Gasteiger partial charge is 0.395 e. The molecule has 2 aromatic carbocycles. The van der Waals surface area contributed by atoms with Crippen molar-refractivity contribution in [1.82, 2.24) is 0 Å². The number of aliphatic hydroxyl groups excluding tert-OH is 4. The standard InChI is InChI=1S/C17H20O4/c18-10-17(11-19,12-20)16(21)15-9-5-4-8-14(15)13-6-2-1-3-7-13/h1-9,16,18-21H,10-12H2. The van der Waals surface area contributed by atoms with E-state index in [1.54, 1.807) is 12.1 Å². The molecule has 0 aliphatic carbocycles. The van der Waals surface area contributed by atoms with Crippen LogP contribution in [0.4, 0.5) is 0 Å². The van der Waals surface area contributed by atoms with E-state index in [4.69, 9.17) is 0 Å². The molecule has 0 saturated heterocycles. The van der Waals surface area contributed by atoms with E-state index in [2.05, 4.69) is 0 Å². The Kier molecular flexibility index (Phi) is 5.09. The van der Waals surface area contributed by atoms with Gasteiger partial charge in [0.2, 0.25) is 0 Å². The first-order valence-corrected chi connectivity index (χ1v) is 6.83. The van der Waals surface area contributed by atoms with Crippen LogP contribution in [0.25, 0.3) is 11.1 Å². The molecular formula is C17H20O4. The Morgan fingerprint density at radius 1 is 0.762 bits per heavy atom. The van der Waals surface area contributed by atoms with E-state index >= 15 is 0 Å². The minimum Gasteiger partial charge on any atom is -0.395 e. The van der Waals surface area contributed by atoms with Gasteiger partial charge in [-0.3, -0.25) is 0 Å². The Hall–Kier alpha value is -1.72. The highest BCUT2D eigenvalue weighted by Gasteiger charge is 2.38. The SMILES string of the molecule is OCC(CO)(CO)C(O)c1ccccc1-c1ccccc1. The summed E-state index contributed by atoms with van der Waals surface area (Å²) in [6.45, 7) is -1.53. The molecule has 4 nitrogen and oxygen atoms in total. The van der Waals surface area contributed by atoms with Crippen molar-refractivity contribution in [2.24, 2.45) is 5.41 Å². The maximum atomic E-state index is 10.6. The van der Waals surface area contributed by atoms with E-state index in [9.17, 15) is 20.4 Å². The van der Waals surface area contributed by atoms with Gasteiger partial charge in [-0.1, -0.05) is 54.6 Å². The molecule has 0 fully saturated rings. The van der Waals surface area contributed by atoms with Gasteiger partial charge >= 0.3 is 0 Å². The highest BCUT2D eigenvalue weighted by Crippen LogP contribution is 2.38. The average Bonchev–Trinajstić information content (AvgIpc) is 2.57. The first-order valence-electron chi connectivity index (χ1n) is 6.83. The minimum atomic E-state index is -1.37. The summed E-state index contributed by atoms with van der Waals surface area (Å²) >= 11 is 0. The Morgan fingerprint density at radius 3 is 1.86 bits per heavy atom. The molecular weight excluding hydrogens is 268 g/mol. The molecule has 0 aliphatic rings. The lowest BCUT2D eigenvalue weighted by atomic mass is 9.78. The van der Waals surface area contributed by atoms with Gasteiger partial charge in [0, 0.05) is 0 Å². The number of benzene rings is 2. The first-order chi connectivity index (χ1) is 10.2. The van der Waals surface area contributed by atoms with E-state index in [1.165, 1.54) is 0 Å². The maximum absolute atomic E-state index is 10.6. The summed E-state index contributed by atoms with van der Waals surface area (Å²) in [5.74, 6) is 0. The van der Waals surface area contributed by atoms with E-state index < -0.39 is 31.3 Å². The molecule has 21 heavy (non-hydrogen) atoms. The van der Waals surface area contributed by atoms with Crippen molar-refractivity contribution in [2.45, 2.75) is 6.10 Å². The van der Waals surface area contributed by atoms with Crippen molar-refractivity contribution in [3.05, 3.63) is 60.2 Å². The van der Waals surface area contributed by atoms with Crippen LogP contribution in [-0.4, -0.2) is 40.2 Å². The van der Waals surface area contributed by atoms with Gasteiger partial charge in [-0.15, -0.1) is 0 Å². The van der Waals surface area contributed by atoms with Gasteiger partial charge < -0.3 is 20.4 Å². The van der Waals surface area contributed by atoms with Crippen molar-refractivity contribution in [2.75, 3.05) is 19.8 Å². The second-order valence-corrected chi connectivity index (χ2v) is 5.19. The summed E-state index contributed by atoms with van der Waals surface area (Å²) in [5.41, 5.74) is 0.936. The zero-order valence-electron chi connectivity index (χ0n) is 11.7. The molecule has 0 radical (unpaired) electrons. The van der Waals surface area contributed by atoms with Crippen LogP contribution >= 0.6 is 0 Å². The summed E-state index contributed by atoms with van der Waals surface area (Å²) in [7, 11) is 0. The molecule has 0 saturated carbocycles. The van der Waals surface area contributed by atoms with Crippen molar-refractivity contribution < 1.29 is 20.4 Å². The summed E-state index contributed by atoms with van der Waals surface area (Å²) in [6, 6.07) is 16.8. The topological polar surface area (TPSA) is 80.9 Å². The maximum Gasteiger partial charge on any atom is 0.0918 e. The third-order valence-electron chi connectivity index (χ3n) is 3.86. The van der Waals surface area contributed by atoms with E-state index in [0.717, 1.165) is 11.1 Å². The number of hydrogen-bond acceptors (Lipinski definition) is 4. The average molecular weight is 288 g/mol. The molecule has 4 heteroatoms. The van der Waals surface area contributed by atoms with Crippen LogP contribution < -0.4 is 0 Å². The van der Waals surface area contributed by atoms with Crippen LogP contribution in [0.15, 0.2) is 54.6 Å². The fraction of sp³-hybridized carbons (Fsp3) is 0.294. The molecule has 2 rings (SSSR count). The highest BCUT2D eigenvalue weighted by atomic mass is 16.3. The van der Waals surface area contributed by atoms with Crippen molar-refractivity contribution >= 4 is 0 Å². The fourth-order valence-electron chi connectivity index (χ4n) is 2.36. The zero-order valence-corrected chi connectivity index (χ0v) is 11.7. The molecule has 0 aromatic heterocycles. The fourth-order valence-corrected chi connectivity index (χ4v) is 2.36. The normalized spacial score (nSPS) is 13.1. The number of rotatable bonds is 6. The number of hydrogen-bond donors (Lipinski definition) is 4. The summed E-state index contributed by atoms with van der Waals surface area (Å²) in [4.78, 5) is 0. The van der Waals surface area contributed by atoms with Gasteiger partial charge in [0.25, 0.3) is 0 Å². The molecule has 0 heterocycles. The Morgan fingerprint density at radius 2 is 1.29 bits per heavy atom. The molecule has 1 atom stereocenters. The molecule has 1 unspecified atom stereocenters. The quantitative estimate of drug-likeness (QED) is 0.647. The minimum absolute atomic E-state index is 0.510. The summed E-state index contributed by atoms with van der Waals surface area (Å²) in [6.07, 6.45) is -1.17. The van der Waals surface area contributed by atoms with Crippen LogP contribution in [0.3, 0.4) is 0 Å². The van der Waals surface area contributed by atoms with Gasteiger partial charge in [-0.2, -0.15) is 0 Å². The van der Waals surface area contributed by atoms with Crippen LogP contribution in [-0.2, 0) is 0 Å². The van der Waals surface area contributed by atoms with Crippen molar-refractivity contribution in [3.8, 4) is 11.1 Å². The van der Waals surface area contributed by atoms with Gasteiger partial charge in [0.1, 0.15) is 0 Å². The van der Waals surface area contributed by atoms with E-state index in [-0.39, 0.29) is 0 Å². The molecule has 0 bridgehead atoms. The second kappa shape index (κ2) is 6.83. The molecule has 0 spiro atoms. The zero-order chi connectivity index (χ0) is 15.3. The molecule has 0 aliphatic heterocycles.